The normalized spacial score (nSPS) is 22.1. The maximum absolute atomic E-state index is 5.61. The smallest absolute Gasteiger partial charge is 0.139 e. The molecule has 1 fully saturated rings. The molecule has 1 aliphatic rings. The van der Waals surface area contributed by atoms with Gasteiger partial charge >= 0.3 is 0 Å². The van der Waals surface area contributed by atoms with Gasteiger partial charge in [-0.2, -0.15) is 4.37 Å². The van der Waals surface area contributed by atoms with E-state index < -0.39 is 0 Å². The van der Waals surface area contributed by atoms with E-state index in [1.165, 1.54) is 30.9 Å². The number of hydrogen-bond donors (Lipinski definition) is 1. The lowest BCUT2D eigenvalue weighted by molar-refractivity contribution is 0.314. The van der Waals surface area contributed by atoms with E-state index in [-0.39, 0.29) is 0 Å². The maximum atomic E-state index is 5.61. The topological polar surface area (TPSA) is 45.4 Å². The van der Waals surface area contributed by atoms with Gasteiger partial charge in [-0.15, -0.1) is 0 Å². The summed E-state index contributed by atoms with van der Waals surface area (Å²) in [5.74, 6) is 0.627. The molecule has 0 amide bonds. The molecule has 0 aromatic carbocycles. The molecule has 0 radical (unpaired) electrons. The van der Waals surface area contributed by atoms with Gasteiger partial charge in [0.25, 0.3) is 0 Å². The van der Waals surface area contributed by atoms with Crippen molar-refractivity contribution in [1.82, 2.24) is 9.27 Å². The molecule has 1 unspecified atom stereocenters. The van der Waals surface area contributed by atoms with Gasteiger partial charge < -0.3 is 15.5 Å². The van der Waals surface area contributed by atoms with Crippen molar-refractivity contribution < 1.29 is 0 Å². The van der Waals surface area contributed by atoms with Crippen molar-refractivity contribution >= 4 is 22.4 Å². The number of likely N-dealkylation sites (tertiary alicyclic amines) is 1. The Balaban J connectivity index is 1.94. The SMILES string of the molecule is CN(CC1CCCN1C)c1cc(N)ns1. The molecule has 0 saturated carbocycles. The largest absolute Gasteiger partial charge is 0.383 e. The summed E-state index contributed by atoms with van der Waals surface area (Å²) >= 11 is 1.47. The van der Waals surface area contributed by atoms with Gasteiger partial charge in [0.05, 0.1) is 0 Å². The number of rotatable bonds is 3. The van der Waals surface area contributed by atoms with Crippen LogP contribution in [0.5, 0.6) is 0 Å². The van der Waals surface area contributed by atoms with Gasteiger partial charge in [-0.05, 0) is 38.0 Å². The zero-order valence-corrected chi connectivity index (χ0v) is 10.1. The van der Waals surface area contributed by atoms with Crippen molar-refractivity contribution in [2.75, 3.05) is 37.8 Å². The van der Waals surface area contributed by atoms with Crippen LogP contribution < -0.4 is 10.6 Å². The molecule has 5 heteroatoms. The fraction of sp³-hybridized carbons (Fsp3) is 0.700. The van der Waals surface area contributed by atoms with Crippen molar-refractivity contribution in [2.45, 2.75) is 18.9 Å². The molecule has 1 aliphatic heterocycles. The minimum absolute atomic E-state index is 0.627. The van der Waals surface area contributed by atoms with Crippen molar-refractivity contribution in [3.05, 3.63) is 6.07 Å². The molecular formula is C10H18N4S. The van der Waals surface area contributed by atoms with E-state index in [9.17, 15) is 0 Å². The standard InChI is InChI=1S/C10H18N4S/c1-13-5-3-4-8(13)7-14(2)10-6-9(11)12-15-10/h6,8H,3-5,7H2,1-2H3,(H2,11,12). The molecule has 15 heavy (non-hydrogen) atoms. The lowest BCUT2D eigenvalue weighted by Gasteiger charge is -2.25. The molecule has 1 atom stereocenters. The first-order chi connectivity index (χ1) is 7.16. The van der Waals surface area contributed by atoms with Gasteiger partial charge in [0.15, 0.2) is 0 Å². The lowest BCUT2D eigenvalue weighted by atomic mass is 10.2. The Labute approximate surface area is 94.8 Å². The molecule has 0 bridgehead atoms. The summed E-state index contributed by atoms with van der Waals surface area (Å²) < 4.78 is 4.10. The minimum atomic E-state index is 0.627. The van der Waals surface area contributed by atoms with Crippen molar-refractivity contribution in [2.24, 2.45) is 0 Å². The minimum Gasteiger partial charge on any atom is -0.383 e. The van der Waals surface area contributed by atoms with Gasteiger partial charge in [-0.25, -0.2) is 0 Å². The quantitative estimate of drug-likeness (QED) is 0.842. The Morgan fingerprint density at radius 1 is 1.73 bits per heavy atom. The summed E-state index contributed by atoms with van der Waals surface area (Å²) in [4.78, 5) is 4.68. The summed E-state index contributed by atoms with van der Waals surface area (Å²) in [6, 6.07) is 2.62. The van der Waals surface area contributed by atoms with Gasteiger partial charge in [-0.1, -0.05) is 0 Å². The van der Waals surface area contributed by atoms with Gasteiger partial charge in [-0.3, -0.25) is 0 Å². The van der Waals surface area contributed by atoms with E-state index in [0.29, 0.717) is 11.9 Å². The van der Waals surface area contributed by atoms with Crippen LogP contribution in [0.3, 0.4) is 0 Å². The van der Waals surface area contributed by atoms with Crippen LogP contribution in [0.15, 0.2) is 6.07 Å². The molecule has 2 N–H and O–H groups in total. The molecule has 0 spiro atoms. The average molecular weight is 226 g/mol. The molecule has 2 rings (SSSR count). The van der Waals surface area contributed by atoms with Crippen LogP contribution in [0.25, 0.3) is 0 Å². The highest BCUT2D eigenvalue weighted by Crippen LogP contribution is 2.24. The number of nitrogens with two attached hydrogens (primary N) is 1. The van der Waals surface area contributed by atoms with Crippen molar-refractivity contribution in [1.29, 1.82) is 0 Å². The van der Waals surface area contributed by atoms with E-state index in [1.807, 2.05) is 6.07 Å². The third-order valence-corrected chi connectivity index (χ3v) is 3.97. The van der Waals surface area contributed by atoms with Gasteiger partial charge in [0.1, 0.15) is 10.8 Å². The number of anilines is 2. The average Bonchev–Trinajstić information content (AvgIpc) is 2.77. The lowest BCUT2D eigenvalue weighted by Crippen LogP contribution is -2.36. The van der Waals surface area contributed by atoms with Crippen LogP contribution in [0.4, 0.5) is 10.8 Å². The molecule has 2 heterocycles. The predicted octanol–water partition coefficient (Wildman–Crippen LogP) is 1.26. The van der Waals surface area contributed by atoms with Gasteiger partial charge in [0, 0.05) is 25.7 Å². The van der Waals surface area contributed by atoms with Crippen LogP contribution in [0, 0.1) is 0 Å². The van der Waals surface area contributed by atoms with E-state index >= 15 is 0 Å². The van der Waals surface area contributed by atoms with E-state index in [2.05, 4.69) is 28.3 Å². The number of nitrogens with zero attached hydrogens (tertiary/aromatic N) is 3. The third-order valence-electron chi connectivity index (χ3n) is 3.05. The molecule has 1 aromatic heterocycles. The fourth-order valence-electron chi connectivity index (χ4n) is 2.07. The monoisotopic (exact) mass is 226 g/mol. The van der Waals surface area contributed by atoms with Crippen molar-refractivity contribution in [3.63, 3.8) is 0 Å². The maximum Gasteiger partial charge on any atom is 0.139 e. The number of aromatic nitrogens is 1. The van der Waals surface area contributed by atoms with Crippen LogP contribution in [0.2, 0.25) is 0 Å². The first-order valence-corrected chi connectivity index (χ1v) is 6.07. The molecule has 0 aliphatic carbocycles. The summed E-state index contributed by atoms with van der Waals surface area (Å²) in [6.07, 6.45) is 2.62. The second kappa shape index (κ2) is 4.37. The summed E-state index contributed by atoms with van der Waals surface area (Å²) in [7, 11) is 4.31. The predicted molar refractivity (Wildman–Crippen MR) is 65.4 cm³/mol. The van der Waals surface area contributed by atoms with Crippen LogP contribution in [0.1, 0.15) is 12.8 Å². The fourth-order valence-corrected chi connectivity index (χ4v) is 2.71. The number of nitrogen functional groups attached to an aromatic ring is 1. The highest BCUT2D eigenvalue weighted by atomic mass is 32.1. The third kappa shape index (κ3) is 2.41. The zero-order valence-electron chi connectivity index (χ0n) is 9.31. The molecule has 84 valence electrons. The van der Waals surface area contributed by atoms with Crippen LogP contribution >= 0.6 is 11.5 Å². The molecular weight excluding hydrogens is 208 g/mol. The van der Waals surface area contributed by atoms with Gasteiger partial charge in [0.2, 0.25) is 0 Å². The summed E-state index contributed by atoms with van der Waals surface area (Å²) in [5, 5.41) is 1.16. The molecule has 4 nitrogen and oxygen atoms in total. The second-order valence-electron chi connectivity index (χ2n) is 4.25. The first-order valence-electron chi connectivity index (χ1n) is 5.30. The summed E-state index contributed by atoms with van der Waals surface area (Å²) in [6.45, 7) is 2.29. The second-order valence-corrected chi connectivity index (χ2v) is 5.03. The summed E-state index contributed by atoms with van der Waals surface area (Å²) in [5.41, 5.74) is 5.61. The van der Waals surface area contributed by atoms with Crippen LogP contribution in [-0.2, 0) is 0 Å². The highest BCUT2D eigenvalue weighted by Gasteiger charge is 2.22. The van der Waals surface area contributed by atoms with E-state index in [0.717, 1.165) is 11.5 Å². The Morgan fingerprint density at radius 2 is 2.53 bits per heavy atom. The Kier molecular flexibility index (Phi) is 3.11. The molecule has 1 saturated heterocycles. The number of likely N-dealkylation sites (N-methyl/N-ethyl adjacent to an activating group) is 2. The first kappa shape index (κ1) is 10.7. The zero-order chi connectivity index (χ0) is 10.8. The Morgan fingerprint density at radius 3 is 3.07 bits per heavy atom. The van der Waals surface area contributed by atoms with E-state index in [1.54, 1.807) is 0 Å². The van der Waals surface area contributed by atoms with E-state index in [4.69, 9.17) is 5.73 Å². The number of hydrogen-bond acceptors (Lipinski definition) is 5. The van der Waals surface area contributed by atoms with Crippen LogP contribution in [-0.4, -0.2) is 42.5 Å². The highest BCUT2D eigenvalue weighted by molar-refractivity contribution is 7.10. The molecule has 1 aromatic rings. The Hall–Kier alpha value is -0.810. The Bertz CT molecular complexity index is 325. The van der Waals surface area contributed by atoms with Crippen molar-refractivity contribution in [3.8, 4) is 0 Å².